The molecule has 3 aromatic rings. The van der Waals surface area contributed by atoms with Crippen LogP contribution in [0.2, 0.25) is 0 Å². The number of aryl methyl sites for hydroxylation is 1. The van der Waals surface area contributed by atoms with E-state index >= 15 is 0 Å². The van der Waals surface area contributed by atoms with Crippen LogP contribution in [-0.2, 0) is 0 Å². The summed E-state index contributed by atoms with van der Waals surface area (Å²) in [6.07, 6.45) is 5.46. The number of hydrogen-bond acceptors (Lipinski definition) is 3. The minimum Gasteiger partial charge on any atom is -0.383 e. The highest BCUT2D eigenvalue weighted by molar-refractivity contribution is 6.10. The van der Waals surface area contributed by atoms with Crippen LogP contribution in [0.15, 0.2) is 67.1 Å². The van der Waals surface area contributed by atoms with Crippen molar-refractivity contribution < 1.29 is 4.79 Å². The lowest BCUT2D eigenvalue weighted by Gasteiger charge is -2.09. The molecule has 0 fully saturated rings. The van der Waals surface area contributed by atoms with Crippen molar-refractivity contribution in [1.29, 1.82) is 0 Å². The van der Waals surface area contributed by atoms with Gasteiger partial charge in [0.05, 0.1) is 5.69 Å². The number of aromatic nitrogens is 2. The second-order valence-corrected chi connectivity index (χ2v) is 6.16. The number of benzene rings is 2. The molecule has 2 aromatic carbocycles. The molecule has 0 aliphatic rings. The highest BCUT2D eigenvalue weighted by Crippen LogP contribution is 2.20. The molecule has 0 N–H and O–H groups in total. The van der Waals surface area contributed by atoms with Crippen molar-refractivity contribution >= 4 is 11.9 Å². The van der Waals surface area contributed by atoms with Gasteiger partial charge in [0.2, 0.25) is 5.78 Å². The van der Waals surface area contributed by atoms with E-state index in [1.807, 2.05) is 97.4 Å². The predicted molar refractivity (Wildman–Crippen MR) is 101 cm³/mol. The van der Waals surface area contributed by atoms with Crippen LogP contribution in [0.3, 0.4) is 0 Å². The van der Waals surface area contributed by atoms with Gasteiger partial charge in [-0.2, -0.15) is 0 Å². The lowest BCUT2D eigenvalue weighted by atomic mass is 10.1. The average molecular weight is 331 g/mol. The third-order valence-corrected chi connectivity index (χ3v) is 3.89. The van der Waals surface area contributed by atoms with Crippen LogP contribution in [0, 0.1) is 6.92 Å². The summed E-state index contributed by atoms with van der Waals surface area (Å²) in [6, 6.07) is 17.4. The highest BCUT2D eigenvalue weighted by Gasteiger charge is 2.19. The Kier molecular flexibility index (Phi) is 4.80. The minimum atomic E-state index is -0.0444. The van der Waals surface area contributed by atoms with Gasteiger partial charge in [-0.25, -0.2) is 4.98 Å². The maximum Gasteiger partial charge on any atom is 0.212 e. The summed E-state index contributed by atoms with van der Waals surface area (Å²) in [5.41, 5.74) is 3.96. The molecule has 0 atom stereocenters. The molecule has 0 unspecified atom stereocenters. The van der Waals surface area contributed by atoms with Crippen molar-refractivity contribution in [2.24, 2.45) is 0 Å². The molecule has 4 nitrogen and oxygen atoms in total. The Morgan fingerprint density at radius 2 is 1.72 bits per heavy atom. The molecule has 0 aliphatic heterocycles. The van der Waals surface area contributed by atoms with Crippen LogP contribution in [0.25, 0.3) is 11.8 Å². The first kappa shape index (κ1) is 16.7. The van der Waals surface area contributed by atoms with E-state index in [0.717, 1.165) is 5.69 Å². The summed E-state index contributed by atoms with van der Waals surface area (Å²) in [5, 5.41) is 0. The van der Waals surface area contributed by atoms with Crippen molar-refractivity contribution in [3.63, 3.8) is 0 Å². The van der Waals surface area contributed by atoms with Crippen molar-refractivity contribution in [3.05, 3.63) is 89.6 Å². The summed E-state index contributed by atoms with van der Waals surface area (Å²) in [7, 11) is 3.87. The standard InChI is InChI=1S/C21H21N3O/c1-16-9-11-18(12-10-16)24-15-22-19(13-14-23(2)3)20(24)21(25)17-7-5-4-6-8-17/h4-15H,1-3H3/b14-13+. The van der Waals surface area contributed by atoms with Gasteiger partial charge in [0.25, 0.3) is 0 Å². The monoisotopic (exact) mass is 331 g/mol. The quantitative estimate of drug-likeness (QED) is 0.665. The van der Waals surface area contributed by atoms with E-state index in [9.17, 15) is 4.79 Å². The Labute approximate surface area is 148 Å². The van der Waals surface area contributed by atoms with E-state index in [2.05, 4.69) is 4.98 Å². The van der Waals surface area contributed by atoms with E-state index in [4.69, 9.17) is 0 Å². The van der Waals surface area contributed by atoms with Crippen LogP contribution >= 0.6 is 0 Å². The fourth-order valence-corrected chi connectivity index (χ4v) is 2.56. The molecular weight excluding hydrogens is 310 g/mol. The van der Waals surface area contributed by atoms with Gasteiger partial charge in [-0.05, 0) is 25.1 Å². The Hall–Kier alpha value is -3.14. The molecule has 126 valence electrons. The van der Waals surface area contributed by atoms with Gasteiger partial charge in [-0.1, -0.05) is 48.0 Å². The first-order valence-electron chi connectivity index (χ1n) is 8.15. The molecule has 0 bridgehead atoms. The fourth-order valence-electron chi connectivity index (χ4n) is 2.56. The van der Waals surface area contributed by atoms with Crippen LogP contribution in [-0.4, -0.2) is 34.3 Å². The molecule has 0 radical (unpaired) electrons. The SMILES string of the molecule is Cc1ccc(-n2cnc(/C=C/N(C)C)c2C(=O)c2ccccc2)cc1. The molecule has 4 heteroatoms. The first-order chi connectivity index (χ1) is 12.1. The van der Waals surface area contributed by atoms with E-state index < -0.39 is 0 Å². The average Bonchev–Trinajstić information content (AvgIpc) is 3.04. The normalized spacial score (nSPS) is 11.0. The highest BCUT2D eigenvalue weighted by atomic mass is 16.1. The smallest absolute Gasteiger partial charge is 0.212 e. The predicted octanol–water partition coefficient (Wildman–Crippen LogP) is 3.94. The maximum absolute atomic E-state index is 13.1. The topological polar surface area (TPSA) is 38.1 Å². The molecular formula is C21H21N3O. The van der Waals surface area contributed by atoms with Crippen LogP contribution in [0.4, 0.5) is 0 Å². The molecule has 0 saturated heterocycles. The molecule has 0 saturated carbocycles. The number of carbonyl (C=O) groups excluding carboxylic acids is 1. The van der Waals surface area contributed by atoms with Crippen molar-refractivity contribution in [2.45, 2.75) is 6.92 Å². The first-order valence-corrected chi connectivity index (χ1v) is 8.15. The zero-order valence-electron chi connectivity index (χ0n) is 14.7. The van der Waals surface area contributed by atoms with Gasteiger partial charge in [0.1, 0.15) is 12.0 Å². The van der Waals surface area contributed by atoms with Crippen LogP contribution in [0.1, 0.15) is 27.3 Å². The summed E-state index contributed by atoms with van der Waals surface area (Å²) in [5.74, 6) is -0.0444. The summed E-state index contributed by atoms with van der Waals surface area (Å²) in [4.78, 5) is 19.5. The van der Waals surface area contributed by atoms with Gasteiger partial charge < -0.3 is 4.90 Å². The molecule has 0 aliphatic carbocycles. The zero-order valence-corrected chi connectivity index (χ0v) is 14.7. The lowest BCUT2D eigenvalue weighted by Crippen LogP contribution is -2.10. The minimum absolute atomic E-state index is 0.0444. The van der Waals surface area contributed by atoms with Gasteiger partial charge in [0, 0.05) is 31.5 Å². The third-order valence-electron chi connectivity index (χ3n) is 3.89. The number of nitrogens with zero attached hydrogens (tertiary/aromatic N) is 3. The molecule has 0 spiro atoms. The van der Waals surface area contributed by atoms with Gasteiger partial charge in [0.15, 0.2) is 0 Å². The van der Waals surface area contributed by atoms with Crippen LogP contribution in [0.5, 0.6) is 0 Å². The Balaban J connectivity index is 2.13. The van der Waals surface area contributed by atoms with Gasteiger partial charge in [-0.15, -0.1) is 0 Å². The largest absolute Gasteiger partial charge is 0.383 e. The van der Waals surface area contributed by atoms with E-state index in [1.54, 1.807) is 6.33 Å². The van der Waals surface area contributed by atoms with Crippen molar-refractivity contribution in [1.82, 2.24) is 14.5 Å². The Bertz CT molecular complexity index is 891. The number of imidazole rings is 1. The number of ketones is 1. The van der Waals surface area contributed by atoms with Crippen molar-refractivity contribution in [3.8, 4) is 5.69 Å². The number of hydrogen-bond donors (Lipinski definition) is 0. The lowest BCUT2D eigenvalue weighted by molar-refractivity contribution is 0.103. The van der Waals surface area contributed by atoms with Gasteiger partial charge in [-0.3, -0.25) is 9.36 Å². The molecule has 25 heavy (non-hydrogen) atoms. The second kappa shape index (κ2) is 7.18. The summed E-state index contributed by atoms with van der Waals surface area (Å²) < 4.78 is 1.85. The second-order valence-electron chi connectivity index (χ2n) is 6.16. The van der Waals surface area contributed by atoms with Crippen LogP contribution < -0.4 is 0 Å². The number of carbonyl (C=O) groups is 1. The molecule has 1 heterocycles. The molecule has 0 amide bonds. The summed E-state index contributed by atoms with van der Waals surface area (Å²) >= 11 is 0. The summed E-state index contributed by atoms with van der Waals surface area (Å²) in [6.45, 7) is 2.04. The Morgan fingerprint density at radius 1 is 1.04 bits per heavy atom. The molecule has 1 aromatic heterocycles. The van der Waals surface area contributed by atoms with E-state index in [1.165, 1.54) is 5.56 Å². The van der Waals surface area contributed by atoms with Gasteiger partial charge >= 0.3 is 0 Å². The number of rotatable bonds is 5. The van der Waals surface area contributed by atoms with E-state index in [-0.39, 0.29) is 5.78 Å². The Morgan fingerprint density at radius 3 is 2.36 bits per heavy atom. The maximum atomic E-state index is 13.1. The fraction of sp³-hybridized carbons (Fsp3) is 0.143. The van der Waals surface area contributed by atoms with Crippen molar-refractivity contribution in [2.75, 3.05) is 14.1 Å². The zero-order chi connectivity index (χ0) is 17.8. The third kappa shape index (κ3) is 3.69. The van der Waals surface area contributed by atoms with E-state index in [0.29, 0.717) is 17.0 Å². The molecule has 3 rings (SSSR count).